The van der Waals surface area contributed by atoms with E-state index < -0.39 is 10.0 Å². The minimum atomic E-state index is -3.15. The highest BCUT2D eigenvalue weighted by Gasteiger charge is 2.29. The lowest BCUT2D eigenvalue weighted by Gasteiger charge is -2.38. The number of carbonyl (C=O) groups excluding carboxylic acids is 1. The van der Waals surface area contributed by atoms with E-state index in [0.29, 0.717) is 45.3 Å². The molecule has 7 nitrogen and oxygen atoms in total. The zero-order valence-corrected chi connectivity index (χ0v) is 13.5. The fraction of sp³-hybridized carbons (Fsp3) is 0.923. The number of carbonyl (C=O) groups is 1. The molecule has 2 fully saturated rings. The van der Waals surface area contributed by atoms with Crippen molar-refractivity contribution in [2.75, 3.05) is 52.1 Å². The second-order valence-corrected chi connectivity index (χ2v) is 7.88. The van der Waals surface area contributed by atoms with Gasteiger partial charge in [0.15, 0.2) is 0 Å². The summed E-state index contributed by atoms with van der Waals surface area (Å²) in [6, 6.07) is 0.306. The molecule has 122 valence electrons. The molecule has 8 heteroatoms. The van der Waals surface area contributed by atoms with Crippen LogP contribution >= 0.6 is 0 Å². The topological polar surface area (TPSA) is 87.0 Å². The highest BCUT2D eigenvalue weighted by Crippen LogP contribution is 2.16. The van der Waals surface area contributed by atoms with E-state index in [4.69, 9.17) is 5.73 Å². The fourth-order valence-corrected chi connectivity index (χ4v) is 3.90. The number of hydrogen-bond acceptors (Lipinski definition) is 5. The Morgan fingerprint density at radius 3 is 2.38 bits per heavy atom. The van der Waals surface area contributed by atoms with Crippen molar-refractivity contribution in [3.63, 3.8) is 0 Å². The van der Waals surface area contributed by atoms with Gasteiger partial charge in [-0.2, -0.15) is 4.31 Å². The number of nitrogens with two attached hydrogens (primary N) is 1. The molecule has 1 atom stereocenters. The summed E-state index contributed by atoms with van der Waals surface area (Å²) < 4.78 is 24.4. The molecule has 0 aliphatic carbocycles. The molecule has 0 aromatic heterocycles. The van der Waals surface area contributed by atoms with Gasteiger partial charge in [-0.3, -0.25) is 9.69 Å². The van der Waals surface area contributed by atoms with Crippen molar-refractivity contribution < 1.29 is 13.2 Å². The Bertz CT molecular complexity index is 460. The molecule has 2 aliphatic heterocycles. The Labute approximate surface area is 127 Å². The van der Waals surface area contributed by atoms with Crippen LogP contribution in [0.4, 0.5) is 0 Å². The monoisotopic (exact) mass is 318 g/mol. The van der Waals surface area contributed by atoms with Crippen LogP contribution in [0.3, 0.4) is 0 Å². The van der Waals surface area contributed by atoms with E-state index >= 15 is 0 Å². The van der Waals surface area contributed by atoms with E-state index in [1.165, 1.54) is 17.0 Å². The lowest BCUT2D eigenvalue weighted by molar-refractivity contribution is -0.134. The smallest absolute Gasteiger partial charge is 0.236 e. The Hall–Kier alpha value is -0.700. The Morgan fingerprint density at radius 2 is 1.81 bits per heavy atom. The Balaban J connectivity index is 1.84. The quantitative estimate of drug-likeness (QED) is 0.711. The van der Waals surface area contributed by atoms with Crippen LogP contribution in [0.5, 0.6) is 0 Å². The van der Waals surface area contributed by atoms with E-state index in [-0.39, 0.29) is 5.91 Å². The molecule has 0 spiro atoms. The van der Waals surface area contributed by atoms with Gasteiger partial charge in [0.2, 0.25) is 15.9 Å². The Kier molecular flexibility index (Phi) is 5.59. The van der Waals surface area contributed by atoms with Crippen molar-refractivity contribution in [3.8, 4) is 0 Å². The minimum absolute atomic E-state index is 0.0866. The van der Waals surface area contributed by atoms with Crippen LogP contribution in [0.1, 0.15) is 19.3 Å². The maximum atomic E-state index is 12.4. The average Bonchev–Trinajstić information content (AvgIpc) is 2.47. The van der Waals surface area contributed by atoms with E-state index in [0.717, 1.165) is 19.4 Å². The van der Waals surface area contributed by atoms with Crippen LogP contribution in [0, 0.1) is 0 Å². The van der Waals surface area contributed by atoms with Gasteiger partial charge in [-0.1, -0.05) is 6.42 Å². The van der Waals surface area contributed by atoms with Gasteiger partial charge in [0, 0.05) is 38.8 Å². The van der Waals surface area contributed by atoms with Crippen LogP contribution in [-0.4, -0.2) is 86.5 Å². The van der Waals surface area contributed by atoms with E-state index in [9.17, 15) is 13.2 Å². The van der Waals surface area contributed by atoms with Gasteiger partial charge in [-0.25, -0.2) is 8.42 Å². The van der Waals surface area contributed by atoms with Crippen molar-refractivity contribution >= 4 is 15.9 Å². The maximum absolute atomic E-state index is 12.4. The van der Waals surface area contributed by atoms with Crippen molar-refractivity contribution in [1.29, 1.82) is 0 Å². The maximum Gasteiger partial charge on any atom is 0.236 e. The van der Waals surface area contributed by atoms with Crippen molar-refractivity contribution in [3.05, 3.63) is 0 Å². The molecule has 2 N–H and O–H groups in total. The molecule has 1 amide bonds. The predicted octanol–water partition coefficient (Wildman–Crippen LogP) is -1.10. The first-order chi connectivity index (χ1) is 9.91. The van der Waals surface area contributed by atoms with Crippen molar-refractivity contribution in [2.45, 2.75) is 25.3 Å². The molecule has 0 radical (unpaired) electrons. The van der Waals surface area contributed by atoms with Crippen molar-refractivity contribution in [2.24, 2.45) is 5.73 Å². The zero-order chi connectivity index (χ0) is 15.5. The molecule has 2 rings (SSSR count). The van der Waals surface area contributed by atoms with Gasteiger partial charge in [-0.15, -0.1) is 0 Å². The molecule has 0 aromatic rings. The fourth-order valence-electron chi connectivity index (χ4n) is 3.08. The number of amides is 1. The first-order valence-electron chi connectivity index (χ1n) is 7.59. The average molecular weight is 318 g/mol. The van der Waals surface area contributed by atoms with E-state index in [1.54, 1.807) is 4.90 Å². The molecule has 2 aliphatic rings. The number of piperidine rings is 1. The number of sulfonamides is 1. The third-order valence-electron chi connectivity index (χ3n) is 4.42. The third-order valence-corrected chi connectivity index (χ3v) is 5.72. The molecule has 0 saturated carbocycles. The summed E-state index contributed by atoms with van der Waals surface area (Å²) in [6.07, 6.45) is 4.57. The molecule has 2 heterocycles. The van der Waals surface area contributed by atoms with E-state index in [2.05, 4.69) is 4.90 Å². The van der Waals surface area contributed by atoms with E-state index in [1.807, 2.05) is 0 Å². The van der Waals surface area contributed by atoms with Crippen LogP contribution in [0.25, 0.3) is 0 Å². The van der Waals surface area contributed by atoms with Gasteiger partial charge in [-0.05, 0) is 19.4 Å². The lowest BCUT2D eigenvalue weighted by Crippen LogP contribution is -2.54. The normalized spacial score (nSPS) is 26.0. The van der Waals surface area contributed by atoms with Gasteiger partial charge in [0.05, 0.1) is 12.8 Å². The van der Waals surface area contributed by atoms with Crippen LogP contribution < -0.4 is 5.73 Å². The summed E-state index contributed by atoms with van der Waals surface area (Å²) in [5, 5.41) is 0. The number of piperazine rings is 1. The summed E-state index contributed by atoms with van der Waals surface area (Å²) >= 11 is 0. The number of nitrogens with zero attached hydrogens (tertiary/aromatic N) is 3. The Morgan fingerprint density at radius 1 is 1.14 bits per heavy atom. The van der Waals surface area contributed by atoms with Crippen molar-refractivity contribution in [1.82, 2.24) is 14.1 Å². The molecular formula is C13H26N4O3S. The molecule has 1 unspecified atom stereocenters. The minimum Gasteiger partial charge on any atom is -0.339 e. The van der Waals surface area contributed by atoms with Gasteiger partial charge in [0.1, 0.15) is 0 Å². The van der Waals surface area contributed by atoms with Crippen LogP contribution in [-0.2, 0) is 14.8 Å². The second-order valence-electron chi connectivity index (χ2n) is 5.90. The highest BCUT2D eigenvalue weighted by molar-refractivity contribution is 7.88. The summed E-state index contributed by atoms with van der Waals surface area (Å²) in [7, 11) is -3.15. The zero-order valence-electron chi connectivity index (χ0n) is 12.7. The standard InChI is InChI=1S/C13H26N4O3S/c1-21(19,20)17-8-6-15(7-9-17)13(18)11-16-5-3-2-4-12(16)10-14/h12H,2-11,14H2,1H3. The lowest BCUT2D eigenvalue weighted by atomic mass is 10.0. The van der Waals surface area contributed by atoms with Crippen LogP contribution in [0.2, 0.25) is 0 Å². The third kappa shape index (κ3) is 4.38. The molecule has 21 heavy (non-hydrogen) atoms. The van der Waals surface area contributed by atoms with Crippen LogP contribution in [0.15, 0.2) is 0 Å². The molecular weight excluding hydrogens is 292 g/mol. The van der Waals surface area contributed by atoms with Gasteiger partial charge < -0.3 is 10.6 Å². The number of likely N-dealkylation sites (tertiary alicyclic amines) is 1. The number of hydrogen-bond donors (Lipinski definition) is 1. The molecule has 2 saturated heterocycles. The SMILES string of the molecule is CS(=O)(=O)N1CCN(C(=O)CN2CCCCC2CN)CC1. The van der Waals surface area contributed by atoms with Gasteiger partial charge >= 0.3 is 0 Å². The first-order valence-corrected chi connectivity index (χ1v) is 9.43. The summed E-state index contributed by atoms with van der Waals surface area (Å²) in [5.74, 6) is 0.0866. The van der Waals surface area contributed by atoms with Gasteiger partial charge in [0.25, 0.3) is 0 Å². The second kappa shape index (κ2) is 7.04. The number of rotatable bonds is 4. The summed E-state index contributed by atoms with van der Waals surface area (Å²) in [5.41, 5.74) is 5.77. The molecule has 0 aromatic carbocycles. The largest absolute Gasteiger partial charge is 0.339 e. The highest BCUT2D eigenvalue weighted by atomic mass is 32.2. The predicted molar refractivity (Wildman–Crippen MR) is 81.3 cm³/mol. The summed E-state index contributed by atoms with van der Waals surface area (Å²) in [6.45, 7) is 3.67. The molecule has 0 bridgehead atoms. The first kappa shape index (κ1) is 16.7. The summed E-state index contributed by atoms with van der Waals surface area (Å²) in [4.78, 5) is 16.3.